The Balaban J connectivity index is 0.00000256. The quantitative estimate of drug-likeness (QED) is 0.251. The number of rotatable bonds is 2. The van der Waals surface area contributed by atoms with Crippen LogP contribution in [0.1, 0.15) is 0 Å². The van der Waals surface area contributed by atoms with Gasteiger partial charge in [-0.25, -0.2) is 0 Å². The molecule has 0 aliphatic carbocycles. The van der Waals surface area contributed by atoms with Crippen LogP contribution in [0.4, 0.5) is 0 Å². The average molecular weight is 276 g/mol. The van der Waals surface area contributed by atoms with Crippen LogP contribution in [-0.2, 0) is 0 Å². The third kappa shape index (κ3) is 2.87. The predicted octanol–water partition coefficient (Wildman–Crippen LogP) is -4.50. The van der Waals surface area contributed by atoms with E-state index in [2.05, 4.69) is 5.32 Å². The van der Waals surface area contributed by atoms with Gasteiger partial charge >= 0.3 is 0 Å². The molecule has 0 spiro atoms. The molecule has 17 heavy (non-hydrogen) atoms. The summed E-state index contributed by atoms with van der Waals surface area (Å²) in [6, 6.07) is 0. The van der Waals surface area contributed by atoms with Gasteiger partial charge < -0.3 is 35.7 Å². The minimum absolute atomic E-state index is 0. The molecule has 1 aliphatic rings. The van der Waals surface area contributed by atoms with Crippen LogP contribution >= 0.6 is 12.4 Å². The summed E-state index contributed by atoms with van der Waals surface area (Å²) in [5, 5.41) is 67.6. The summed E-state index contributed by atoms with van der Waals surface area (Å²) in [5.74, 6) is 0. The van der Waals surface area contributed by atoms with E-state index >= 15 is 0 Å². The second-order valence-electron chi connectivity index (χ2n) is 3.98. The van der Waals surface area contributed by atoms with Gasteiger partial charge in [-0.3, -0.25) is 5.32 Å². The Labute approximate surface area is 104 Å². The minimum Gasteiger partial charge on any atom is -0.394 e. The van der Waals surface area contributed by atoms with Crippen LogP contribution < -0.4 is 5.32 Å². The average Bonchev–Trinajstić information content (AvgIpc) is 2.36. The van der Waals surface area contributed by atoms with Crippen molar-refractivity contribution in [1.82, 2.24) is 5.32 Å². The first kappa shape index (κ1) is 17.0. The Hall–Kier alpha value is -0.0300. The normalized spacial score (nSPS) is 41.5. The number of hydrogen-bond acceptors (Lipinski definition) is 8. The van der Waals surface area contributed by atoms with Crippen molar-refractivity contribution >= 4 is 12.4 Å². The Kier molecular flexibility index (Phi) is 6.22. The lowest BCUT2D eigenvalue weighted by molar-refractivity contribution is -0.125. The van der Waals surface area contributed by atoms with Crippen LogP contribution in [0.25, 0.3) is 0 Å². The Morgan fingerprint density at radius 1 is 0.824 bits per heavy atom. The molecule has 1 rings (SSSR count). The first-order chi connectivity index (χ1) is 7.39. The van der Waals surface area contributed by atoms with Gasteiger partial charge in [-0.15, -0.1) is 12.4 Å². The highest BCUT2D eigenvalue weighted by molar-refractivity contribution is 5.85. The van der Waals surface area contributed by atoms with E-state index in [4.69, 9.17) is 10.2 Å². The summed E-state index contributed by atoms with van der Waals surface area (Å²) < 4.78 is 0. The van der Waals surface area contributed by atoms with Gasteiger partial charge in [-0.1, -0.05) is 0 Å². The Morgan fingerprint density at radius 2 is 1.29 bits per heavy atom. The van der Waals surface area contributed by atoms with E-state index < -0.39 is 49.4 Å². The molecule has 1 aliphatic heterocycles. The fourth-order valence-electron chi connectivity index (χ4n) is 1.70. The molecule has 1 fully saturated rings. The van der Waals surface area contributed by atoms with E-state index in [0.717, 1.165) is 0 Å². The number of nitrogens with one attached hydrogen (secondary N) is 1. The maximum Gasteiger partial charge on any atom is 0.134 e. The van der Waals surface area contributed by atoms with Crippen molar-refractivity contribution < 1.29 is 35.7 Å². The van der Waals surface area contributed by atoms with Gasteiger partial charge in [0, 0.05) is 0 Å². The van der Waals surface area contributed by atoms with Crippen molar-refractivity contribution in [1.29, 1.82) is 0 Å². The maximum absolute atomic E-state index is 9.66. The predicted molar refractivity (Wildman–Crippen MR) is 57.3 cm³/mol. The molecular weight excluding hydrogens is 258 g/mol. The first-order valence-corrected chi connectivity index (χ1v) is 4.79. The molecule has 8 N–H and O–H groups in total. The van der Waals surface area contributed by atoms with E-state index in [9.17, 15) is 25.5 Å². The van der Waals surface area contributed by atoms with Gasteiger partial charge in [-0.05, 0) is 0 Å². The van der Waals surface area contributed by atoms with Gasteiger partial charge in [0.1, 0.15) is 30.6 Å². The van der Waals surface area contributed by atoms with Crippen LogP contribution in [-0.4, -0.2) is 85.1 Å². The second kappa shape index (κ2) is 6.23. The van der Waals surface area contributed by atoms with Crippen molar-refractivity contribution in [3.8, 4) is 0 Å². The molecule has 0 unspecified atom stereocenters. The van der Waals surface area contributed by atoms with Gasteiger partial charge in [0.25, 0.3) is 0 Å². The van der Waals surface area contributed by atoms with E-state index in [0.29, 0.717) is 0 Å². The Morgan fingerprint density at radius 3 is 1.71 bits per heavy atom. The summed E-state index contributed by atoms with van der Waals surface area (Å²) in [6.07, 6.45) is -8.79. The molecule has 9 heteroatoms. The van der Waals surface area contributed by atoms with E-state index in [-0.39, 0.29) is 12.4 Å². The molecule has 1 heterocycles. The highest BCUT2D eigenvalue weighted by Gasteiger charge is 2.50. The summed E-state index contributed by atoms with van der Waals surface area (Å²) in [4.78, 5) is 0. The molecule has 104 valence electrons. The molecule has 0 saturated carbocycles. The van der Waals surface area contributed by atoms with E-state index in [1.165, 1.54) is 0 Å². The van der Waals surface area contributed by atoms with Crippen molar-refractivity contribution in [3.05, 3.63) is 0 Å². The number of hydrogen-bond donors (Lipinski definition) is 8. The minimum atomic E-state index is -1.81. The zero-order valence-electron chi connectivity index (χ0n) is 8.84. The van der Waals surface area contributed by atoms with Gasteiger partial charge in [-0.2, -0.15) is 0 Å². The monoisotopic (exact) mass is 275 g/mol. The van der Waals surface area contributed by atoms with Crippen LogP contribution in [0, 0.1) is 0 Å². The van der Waals surface area contributed by atoms with E-state index in [1.54, 1.807) is 0 Å². The largest absolute Gasteiger partial charge is 0.394 e. The van der Waals surface area contributed by atoms with Crippen molar-refractivity contribution in [2.75, 3.05) is 13.2 Å². The molecular formula is C8H18ClNO7. The molecule has 0 aromatic heterocycles. The smallest absolute Gasteiger partial charge is 0.134 e. The van der Waals surface area contributed by atoms with Crippen molar-refractivity contribution in [3.63, 3.8) is 0 Å². The highest BCUT2D eigenvalue weighted by Crippen LogP contribution is 2.22. The van der Waals surface area contributed by atoms with Crippen molar-refractivity contribution in [2.24, 2.45) is 0 Å². The third-order valence-electron chi connectivity index (χ3n) is 2.91. The zero-order valence-corrected chi connectivity index (χ0v) is 9.66. The lowest BCUT2D eigenvalue weighted by Crippen LogP contribution is -2.64. The molecule has 0 aromatic rings. The van der Waals surface area contributed by atoms with Crippen LogP contribution in [0.2, 0.25) is 0 Å². The topological polar surface area (TPSA) is 154 Å². The van der Waals surface area contributed by atoms with Crippen LogP contribution in [0.5, 0.6) is 0 Å². The molecule has 0 amide bonds. The van der Waals surface area contributed by atoms with Crippen LogP contribution in [0.3, 0.4) is 0 Å². The highest BCUT2D eigenvalue weighted by atomic mass is 35.5. The second-order valence-corrected chi connectivity index (χ2v) is 3.98. The van der Waals surface area contributed by atoms with Crippen molar-refractivity contribution in [2.45, 2.75) is 36.2 Å². The first-order valence-electron chi connectivity index (χ1n) is 4.79. The van der Waals surface area contributed by atoms with Gasteiger partial charge in [0.05, 0.1) is 18.8 Å². The van der Waals surface area contributed by atoms with Crippen LogP contribution in [0.15, 0.2) is 0 Å². The molecule has 8 nitrogen and oxygen atoms in total. The number of aliphatic hydroxyl groups is 7. The fourth-order valence-corrected chi connectivity index (χ4v) is 1.70. The van der Waals surface area contributed by atoms with Gasteiger partial charge in [0.2, 0.25) is 0 Å². The third-order valence-corrected chi connectivity index (χ3v) is 2.91. The molecule has 0 aromatic carbocycles. The molecule has 5 atom stereocenters. The zero-order chi connectivity index (χ0) is 12.5. The number of halogens is 1. The Bertz CT molecular complexity index is 240. The summed E-state index contributed by atoms with van der Waals surface area (Å²) in [7, 11) is 0. The van der Waals surface area contributed by atoms with Gasteiger partial charge in [0.15, 0.2) is 0 Å². The lowest BCUT2D eigenvalue weighted by Gasteiger charge is -2.36. The summed E-state index contributed by atoms with van der Waals surface area (Å²) in [5.41, 5.74) is -1.79. The fraction of sp³-hybridized carbons (Fsp3) is 1.00. The standard InChI is InChI=1S/C8H17NO7.ClH/c10-1-8(2-11)6(15)4(13)3(12)5(14)7(16)9-8;/h3-7,9-16H,1-2H2;1H/t3-,4-,5+,6-,7+;/m0./s1. The summed E-state index contributed by atoms with van der Waals surface area (Å²) in [6.45, 7) is -1.59. The maximum atomic E-state index is 9.66. The molecule has 0 bridgehead atoms. The SMILES string of the molecule is Cl.OCC1(CO)N[C@H](O)[C@H](O)[C@@H](O)[C@H](O)[C@@H]1O. The lowest BCUT2D eigenvalue weighted by atomic mass is 9.89. The van der Waals surface area contributed by atoms with E-state index in [1.807, 2.05) is 0 Å². The molecule has 0 radical (unpaired) electrons. The molecule has 1 saturated heterocycles. The number of aliphatic hydroxyl groups excluding tert-OH is 7. The summed E-state index contributed by atoms with van der Waals surface area (Å²) >= 11 is 0.